The van der Waals surface area contributed by atoms with E-state index in [1.165, 1.54) is 10.7 Å². The molecule has 5 nitrogen and oxygen atoms in total. The first-order chi connectivity index (χ1) is 10.5. The Morgan fingerprint density at radius 1 is 1.36 bits per heavy atom. The van der Waals surface area contributed by atoms with E-state index in [4.69, 9.17) is 0 Å². The van der Waals surface area contributed by atoms with E-state index in [0.717, 1.165) is 11.8 Å². The third-order valence-corrected chi connectivity index (χ3v) is 4.39. The van der Waals surface area contributed by atoms with Gasteiger partial charge in [-0.3, -0.25) is 9.59 Å². The summed E-state index contributed by atoms with van der Waals surface area (Å²) in [5, 5.41) is 4.08. The molecule has 112 valence electrons. The lowest BCUT2D eigenvalue weighted by molar-refractivity contribution is -0.109. The number of benzene rings is 1. The van der Waals surface area contributed by atoms with Crippen LogP contribution in [0.1, 0.15) is 28.0 Å². The summed E-state index contributed by atoms with van der Waals surface area (Å²) in [7, 11) is 1.54. The zero-order valence-electron chi connectivity index (χ0n) is 12.4. The molecule has 5 heteroatoms. The predicted octanol–water partition coefficient (Wildman–Crippen LogP) is 1.43. The van der Waals surface area contributed by atoms with Crippen molar-refractivity contribution >= 4 is 12.1 Å². The molecule has 1 aromatic heterocycles. The van der Waals surface area contributed by atoms with Crippen molar-refractivity contribution in [3.05, 3.63) is 63.6 Å². The average Bonchev–Trinajstić information content (AvgIpc) is 3.27. The van der Waals surface area contributed by atoms with Gasteiger partial charge in [0, 0.05) is 24.6 Å². The normalized spacial score (nSPS) is 23.1. The Morgan fingerprint density at radius 2 is 2.05 bits per heavy atom. The van der Waals surface area contributed by atoms with E-state index in [9.17, 15) is 14.4 Å². The number of ketones is 1. The summed E-state index contributed by atoms with van der Waals surface area (Å²) in [6, 6.07) is 10.6. The maximum Gasteiger partial charge on any atom is 0.267 e. The van der Waals surface area contributed by atoms with E-state index in [-0.39, 0.29) is 17.3 Å². The summed E-state index contributed by atoms with van der Waals surface area (Å²) >= 11 is 0. The summed E-state index contributed by atoms with van der Waals surface area (Å²) < 4.78 is 1.20. The summed E-state index contributed by atoms with van der Waals surface area (Å²) in [6.07, 6.45) is 1.31. The predicted molar refractivity (Wildman–Crippen MR) is 80.8 cm³/mol. The highest BCUT2D eigenvalue weighted by molar-refractivity contribution is 6.09. The molecule has 1 saturated carbocycles. The van der Waals surface area contributed by atoms with Gasteiger partial charge in [0.25, 0.3) is 5.56 Å². The van der Waals surface area contributed by atoms with E-state index in [0.29, 0.717) is 17.7 Å². The van der Waals surface area contributed by atoms with Crippen LogP contribution in [-0.2, 0) is 17.3 Å². The molecular formula is C17H16N2O3. The Morgan fingerprint density at radius 3 is 2.64 bits per heavy atom. The molecule has 0 unspecified atom stereocenters. The molecule has 1 aliphatic carbocycles. The molecule has 1 aliphatic rings. The van der Waals surface area contributed by atoms with Crippen LogP contribution >= 0.6 is 0 Å². The Balaban J connectivity index is 2.12. The lowest BCUT2D eigenvalue weighted by Crippen LogP contribution is -2.29. The van der Waals surface area contributed by atoms with E-state index in [2.05, 4.69) is 5.10 Å². The monoisotopic (exact) mass is 296 g/mol. The molecule has 2 atom stereocenters. The van der Waals surface area contributed by atoms with Gasteiger partial charge in [0.05, 0.1) is 11.1 Å². The average molecular weight is 296 g/mol. The van der Waals surface area contributed by atoms with Crippen molar-refractivity contribution in [3.8, 4) is 0 Å². The minimum atomic E-state index is -0.845. The number of Topliss-reactive ketones (excluding diaryl/α,β-unsaturated/α-hetero) is 1. The number of carbonyl (C=O) groups is 2. The van der Waals surface area contributed by atoms with Crippen LogP contribution in [0.15, 0.2) is 41.2 Å². The van der Waals surface area contributed by atoms with Crippen LogP contribution in [0.4, 0.5) is 0 Å². The fourth-order valence-corrected chi connectivity index (χ4v) is 3.03. The Hall–Kier alpha value is -2.56. The van der Waals surface area contributed by atoms with Crippen molar-refractivity contribution in [2.45, 2.75) is 18.8 Å². The Labute approximate surface area is 127 Å². The van der Waals surface area contributed by atoms with Crippen molar-refractivity contribution in [1.82, 2.24) is 9.78 Å². The first kappa shape index (κ1) is 14.4. The molecule has 1 heterocycles. The molecule has 1 fully saturated rings. The molecular weight excluding hydrogens is 280 g/mol. The van der Waals surface area contributed by atoms with Gasteiger partial charge in [-0.25, -0.2) is 4.68 Å². The second-order valence-electron chi connectivity index (χ2n) is 5.72. The van der Waals surface area contributed by atoms with Crippen LogP contribution in [-0.4, -0.2) is 21.8 Å². The van der Waals surface area contributed by atoms with Crippen LogP contribution < -0.4 is 5.56 Å². The highest BCUT2D eigenvalue weighted by atomic mass is 16.1. The molecule has 0 N–H and O–H groups in total. The third-order valence-electron chi connectivity index (χ3n) is 4.39. The van der Waals surface area contributed by atoms with Gasteiger partial charge in [-0.1, -0.05) is 30.3 Å². The lowest BCUT2D eigenvalue weighted by atomic mass is 9.85. The van der Waals surface area contributed by atoms with E-state index in [1.54, 1.807) is 14.0 Å². The molecule has 0 radical (unpaired) electrons. The number of carbonyl (C=O) groups excluding carboxylic acids is 2. The number of aryl methyl sites for hydroxylation is 2. The van der Waals surface area contributed by atoms with Crippen LogP contribution in [0.3, 0.4) is 0 Å². The topological polar surface area (TPSA) is 69.0 Å². The molecule has 0 spiro atoms. The zero-order valence-corrected chi connectivity index (χ0v) is 12.4. The van der Waals surface area contributed by atoms with Crippen molar-refractivity contribution in [2.75, 3.05) is 0 Å². The molecule has 22 heavy (non-hydrogen) atoms. The maximum absolute atomic E-state index is 13.0. The largest absolute Gasteiger partial charge is 0.303 e. The van der Waals surface area contributed by atoms with Crippen LogP contribution in [0.25, 0.3) is 0 Å². The van der Waals surface area contributed by atoms with Gasteiger partial charge in [-0.15, -0.1) is 0 Å². The molecule has 0 aliphatic heterocycles. The molecule has 0 saturated heterocycles. The van der Waals surface area contributed by atoms with Crippen LogP contribution in [0.5, 0.6) is 0 Å². The quantitative estimate of drug-likeness (QED) is 0.632. The number of rotatable bonds is 4. The van der Waals surface area contributed by atoms with Crippen molar-refractivity contribution in [1.29, 1.82) is 0 Å². The van der Waals surface area contributed by atoms with Crippen molar-refractivity contribution in [2.24, 2.45) is 13.0 Å². The number of nitrogens with zero attached hydrogens (tertiary/aromatic N) is 2. The highest BCUT2D eigenvalue weighted by Crippen LogP contribution is 2.55. The number of aldehydes is 1. The lowest BCUT2D eigenvalue weighted by Gasteiger charge is -2.17. The van der Waals surface area contributed by atoms with Gasteiger partial charge in [0.1, 0.15) is 6.29 Å². The Bertz CT molecular complexity index is 810. The number of hydrogen-bond acceptors (Lipinski definition) is 4. The molecule has 0 amide bonds. The summed E-state index contributed by atoms with van der Waals surface area (Å²) in [6.45, 7) is 1.70. The van der Waals surface area contributed by atoms with E-state index in [1.807, 2.05) is 30.3 Å². The molecule has 0 bridgehead atoms. The maximum atomic E-state index is 13.0. The minimum Gasteiger partial charge on any atom is -0.303 e. The molecule has 2 aromatic rings. The first-order valence-corrected chi connectivity index (χ1v) is 7.11. The van der Waals surface area contributed by atoms with Crippen LogP contribution in [0.2, 0.25) is 0 Å². The highest BCUT2D eigenvalue weighted by Gasteiger charge is 2.61. The second kappa shape index (κ2) is 5.02. The third kappa shape index (κ3) is 2.01. The summed E-state index contributed by atoms with van der Waals surface area (Å²) in [5.41, 5.74) is 0.440. The Kier molecular flexibility index (Phi) is 3.28. The van der Waals surface area contributed by atoms with Crippen molar-refractivity contribution < 1.29 is 9.59 Å². The fourth-order valence-electron chi connectivity index (χ4n) is 3.03. The first-order valence-electron chi connectivity index (χ1n) is 7.11. The van der Waals surface area contributed by atoms with Gasteiger partial charge < -0.3 is 4.79 Å². The zero-order chi connectivity index (χ0) is 15.9. The second-order valence-corrected chi connectivity index (χ2v) is 5.72. The summed E-state index contributed by atoms with van der Waals surface area (Å²) in [4.78, 5) is 36.1. The molecule has 3 rings (SSSR count). The van der Waals surface area contributed by atoms with E-state index >= 15 is 0 Å². The number of aromatic nitrogens is 2. The van der Waals surface area contributed by atoms with Gasteiger partial charge in [0.2, 0.25) is 0 Å². The molecule has 1 aromatic carbocycles. The van der Waals surface area contributed by atoms with Gasteiger partial charge in [0.15, 0.2) is 5.78 Å². The SMILES string of the molecule is Cc1nn(C)c(=O)cc1C(=O)[C@@]1(c2ccccc2)C[C@H]1C=O. The minimum absolute atomic E-state index is 0.196. The standard InChI is InChI=1S/C17H16N2O3/c1-11-14(8-15(21)19(2)18-11)16(22)17(9-13(17)10-20)12-6-4-3-5-7-12/h3-8,10,13H,9H2,1-2H3/t13-,17+/m0/s1. The smallest absolute Gasteiger partial charge is 0.267 e. The van der Waals surface area contributed by atoms with Crippen LogP contribution in [0, 0.1) is 12.8 Å². The van der Waals surface area contributed by atoms with Crippen molar-refractivity contribution in [3.63, 3.8) is 0 Å². The van der Waals surface area contributed by atoms with Gasteiger partial charge >= 0.3 is 0 Å². The van der Waals surface area contributed by atoms with Gasteiger partial charge in [-0.05, 0) is 18.9 Å². The number of hydrogen-bond donors (Lipinski definition) is 0. The van der Waals surface area contributed by atoms with E-state index < -0.39 is 5.41 Å². The fraction of sp³-hybridized carbons (Fsp3) is 0.294. The summed E-state index contributed by atoms with van der Waals surface area (Å²) in [5.74, 6) is -0.538. The van der Waals surface area contributed by atoms with Gasteiger partial charge in [-0.2, -0.15) is 5.10 Å².